The number of amides is 1. The van der Waals surface area contributed by atoms with E-state index in [1.807, 2.05) is 12.1 Å². The molecule has 0 radical (unpaired) electrons. The lowest BCUT2D eigenvalue weighted by Gasteiger charge is -2.17. The lowest BCUT2D eigenvalue weighted by atomic mass is 10.0. The molecule has 0 fully saturated rings. The van der Waals surface area contributed by atoms with Crippen LogP contribution in [0.1, 0.15) is 22.7 Å². The third-order valence-corrected chi connectivity index (χ3v) is 4.57. The van der Waals surface area contributed by atoms with Crippen LogP contribution in [-0.2, 0) is 22.4 Å². The van der Waals surface area contributed by atoms with Gasteiger partial charge >= 0.3 is 5.97 Å². The normalized spacial score (nSPS) is 13.0. The minimum atomic E-state index is -1.17. The van der Waals surface area contributed by atoms with E-state index in [9.17, 15) is 14.7 Å². The fourth-order valence-corrected chi connectivity index (χ4v) is 3.14. The second-order valence-corrected chi connectivity index (χ2v) is 6.57. The molecule has 3 rings (SSSR count). The van der Waals surface area contributed by atoms with Gasteiger partial charge in [0.25, 0.3) is 5.91 Å². The van der Waals surface area contributed by atoms with Crippen molar-refractivity contribution in [2.24, 2.45) is 0 Å². The first-order valence-electron chi connectivity index (χ1n) is 9.20. The molecule has 29 heavy (non-hydrogen) atoms. The molecule has 2 aromatic carbocycles. The molecule has 7 nitrogen and oxygen atoms in total. The monoisotopic (exact) mass is 397 g/mol. The average molecular weight is 397 g/mol. The summed E-state index contributed by atoms with van der Waals surface area (Å²) in [6, 6.07) is 9.32. The van der Waals surface area contributed by atoms with Crippen LogP contribution in [0.2, 0.25) is 0 Å². The average Bonchev–Trinajstić information content (AvgIpc) is 3.18. The van der Waals surface area contributed by atoms with Crippen molar-refractivity contribution in [3.05, 3.63) is 65.7 Å². The summed E-state index contributed by atoms with van der Waals surface area (Å²) < 4.78 is 16.3. The number of carbonyl (C=O) groups is 2. The number of nitrogens with one attached hydrogen (secondary N) is 1. The maximum absolute atomic E-state index is 12.3. The van der Waals surface area contributed by atoms with Gasteiger partial charge in [-0.05, 0) is 47.4 Å². The summed E-state index contributed by atoms with van der Waals surface area (Å²) in [5, 5.41) is 12.1. The number of benzene rings is 2. The van der Waals surface area contributed by atoms with Gasteiger partial charge in [-0.25, -0.2) is 4.79 Å². The van der Waals surface area contributed by atoms with Crippen molar-refractivity contribution in [1.82, 2.24) is 5.32 Å². The molecule has 0 bridgehead atoms. The molecule has 1 aliphatic heterocycles. The zero-order valence-electron chi connectivity index (χ0n) is 16.1. The molecule has 0 saturated carbocycles. The van der Waals surface area contributed by atoms with Crippen molar-refractivity contribution < 1.29 is 28.9 Å². The van der Waals surface area contributed by atoms with Gasteiger partial charge in [0.15, 0.2) is 24.1 Å². The summed E-state index contributed by atoms with van der Waals surface area (Å²) in [5.41, 5.74) is 2.42. The second-order valence-electron chi connectivity index (χ2n) is 6.57. The molecule has 0 aliphatic carbocycles. The van der Waals surface area contributed by atoms with Crippen LogP contribution in [0.15, 0.2) is 49.1 Å². The van der Waals surface area contributed by atoms with Crippen molar-refractivity contribution >= 4 is 11.9 Å². The topological polar surface area (TPSA) is 94.1 Å². The predicted molar refractivity (Wildman–Crippen MR) is 107 cm³/mol. The van der Waals surface area contributed by atoms with Gasteiger partial charge in [-0.15, -0.1) is 6.58 Å². The van der Waals surface area contributed by atoms with Crippen LogP contribution < -0.4 is 19.5 Å². The molecule has 2 N–H and O–H groups in total. The van der Waals surface area contributed by atoms with Gasteiger partial charge in [0.2, 0.25) is 0 Å². The number of carboxylic acid groups (broad SMARTS) is 1. The second kappa shape index (κ2) is 9.14. The van der Waals surface area contributed by atoms with Crippen LogP contribution >= 0.6 is 0 Å². The van der Waals surface area contributed by atoms with E-state index in [2.05, 4.69) is 11.9 Å². The van der Waals surface area contributed by atoms with E-state index in [1.54, 1.807) is 30.3 Å². The predicted octanol–water partition coefficient (Wildman–Crippen LogP) is 2.68. The summed E-state index contributed by atoms with van der Waals surface area (Å²) in [5.74, 6) is -0.0583. The lowest BCUT2D eigenvalue weighted by Crippen LogP contribution is -2.36. The number of aliphatic carboxylic acids is 1. The molecule has 1 heterocycles. The van der Waals surface area contributed by atoms with Crippen LogP contribution in [-0.4, -0.2) is 37.3 Å². The van der Waals surface area contributed by atoms with Gasteiger partial charge in [-0.1, -0.05) is 18.2 Å². The standard InChI is InChI=1S/C22H23NO6/c1-3-4-14-5-7-18(19(11-14)27-2)29-13-20(24)23-21(22(25)26)16-6-8-17-15(12-16)9-10-28-17/h3,5-8,11-12,21H,1,4,9-10,13H2,2H3,(H,23,24)(H,25,26). The van der Waals surface area contributed by atoms with E-state index in [0.29, 0.717) is 36.5 Å². The fourth-order valence-electron chi connectivity index (χ4n) is 3.14. The number of carbonyl (C=O) groups excluding carboxylic acids is 1. The SMILES string of the molecule is C=CCc1ccc(OCC(=O)NC(C(=O)O)c2ccc3c(c2)CCO3)c(OC)c1. The van der Waals surface area contributed by atoms with E-state index in [1.165, 1.54) is 7.11 Å². The van der Waals surface area contributed by atoms with Gasteiger partial charge in [-0.3, -0.25) is 4.79 Å². The van der Waals surface area contributed by atoms with Crippen molar-refractivity contribution in [3.8, 4) is 17.2 Å². The number of allylic oxidation sites excluding steroid dienone is 1. The zero-order valence-corrected chi connectivity index (χ0v) is 16.1. The van der Waals surface area contributed by atoms with Gasteiger partial charge in [0.05, 0.1) is 13.7 Å². The molecule has 2 aromatic rings. The Kier molecular flexibility index (Phi) is 6.39. The van der Waals surface area contributed by atoms with Crippen molar-refractivity contribution in [3.63, 3.8) is 0 Å². The molecule has 1 amide bonds. The van der Waals surface area contributed by atoms with Gasteiger partial charge < -0.3 is 24.6 Å². The number of carboxylic acids is 1. The Balaban J connectivity index is 1.65. The number of methoxy groups -OCH3 is 1. The first-order chi connectivity index (χ1) is 14.0. The first kappa shape index (κ1) is 20.3. The number of ether oxygens (including phenoxy) is 3. The largest absolute Gasteiger partial charge is 0.493 e. The summed E-state index contributed by atoms with van der Waals surface area (Å²) in [6.45, 7) is 3.93. The number of hydrogen-bond donors (Lipinski definition) is 2. The highest BCUT2D eigenvalue weighted by atomic mass is 16.5. The molecule has 1 unspecified atom stereocenters. The summed E-state index contributed by atoms with van der Waals surface area (Å²) in [7, 11) is 1.51. The third kappa shape index (κ3) is 4.87. The molecule has 0 saturated heterocycles. The van der Waals surface area contributed by atoms with E-state index in [0.717, 1.165) is 16.9 Å². The van der Waals surface area contributed by atoms with Crippen LogP contribution in [0, 0.1) is 0 Å². The van der Waals surface area contributed by atoms with Crippen LogP contribution in [0.25, 0.3) is 0 Å². The van der Waals surface area contributed by atoms with E-state index in [4.69, 9.17) is 14.2 Å². The molecule has 0 spiro atoms. The molecule has 7 heteroatoms. The Morgan fingerprint density at radius 1 is 1.28 bits per heavy atom. The smallest absolute Gasteiger partial charge is 0.330 e. The Hall–Kier alpha value is -3.48. The highest BCUT2D eigenvalue weighted by molar-refractivity contribution is 5.85. The summed E-state index contributed by atoms with van der Waals surface area (Å²) in [4.78, 5) is 24.0. The van der Waals surface area contributed by atoms with E-state index >= 15 is 0 Å². The summed E-state index contributed by atoms with van der Waals surface area (Å²) >= 11 is 0. The van der Waals surface area contributed by atoms with Gasteiger partial charge in [-0.2, -0.15) is 0 Å². The number of rotatable bonds is 9. The molecule has 1 atom stereocenters. The Labute approximate surface area is 168 Å². The first-order valence-corrected chi connectivity index (χ1v) is 9.20. The van der Waals surface area contributed by atoms with Crippen LogP contribution in [0.3, 0.4) is 0 Å². The molecule has 1 aliphatic rings. The van der Waals surface area contributed by atoms with Crippen LogP contribution in [0.4, 0.5) is 0 Å². The molecular formula is C22H23NO6. The Bertz CT molecular complexity index is 924. The maximum atomic E-state index is 12.3. The van der Waals surface area contributed by atoms with E-state index < -0.39 is 17.9 Å². The maximum Gasteiger partial charge on any atom is 0.330 e. The highest BCUT2D eigenvalue weighted by Gasteiger charge is 2.24. The quantitative estimate of drug-likeness (QED) is 0.632. The highest BCUT2D eigenvalue weighted by Crippen LogP contribution is 2.29. The van der Waals surface area contributed by atoms with Gasteiger partial charge in [0, 0.05) is 6.42 Å². The Morgan fingerprint density at radius 3 is 2.83 bits per heavy atom. The number of hydrogen-bond acceptors (Lipinski definition) is 5. The van der Waals surface area contributed by atoms with Gasteiger partial charge in [0.1, 0.15) is 5.75 Å². The molecule has 0 aromatic heterocycles. The minimum absolute atomic E-state index is 0.338. The lowest BCUT2D eigenvalue weighted by molar-refractivity contribution is -0.142. The molecular weight excluding hydrogens is 374 g/mol. The third-order valence-electron chi connectivity index (χ3n) is 4.57. The fraction of sp³-hybridized carbons (Fsp3) is 0.273. The van der Waals surface area contributed by atoms with E-state index in [-0.39, 0.29) is 6.61 Å². The molecule has 152 valence electrons. The number of fused-ring (bicyclic) bond motifs is 1. The zero-order chi connectivity index (χ0) is 20.8. The van der Waals surface area contributed by atoms with Crippen LogP contribution in [0.5, 0.6) is 17.2 Å². The van der Waals surface area contributed by atoms with Crippen molar-refractivity contribution in [1.29, 1.82) is 0 Å². The van der Waals surface area contributed by atoms with Crippen molar-refractivity contribution in [2.75, 3.05) is 20.3 Å². The summed E-state index contributed by atoms with van der Waals surface area (Å²) in [6.07, 6.45) is 3.18. The van der Waals surface area contributed by atoms with Crippen molar-refractivity contribution in [2.45, 2.75) is 18.9 Å². The Morgan fingerprint density at radius 2 is 2.10 bits per heavy atom. The minimum Gasteiger partial charge on any atom is -0.493 e.